The average molecular weight is 319 g/mol. The third kappa shape index (κ3) is 5.54. The van der Waals surface area contributed by atoms with Crippen LogP contribution in [0.1, 0.15) is 44.0 Å². The largest absolute Gasteiger partial charge is 0.444 e. The van der Waals surface area contributed by atoms with E-state index in [4.69, 9.17) is 4.74 Å². The van der Waals surface area contributed by atoms with Crippen LogP contribution in [0.2, 0.25) is 0 Å². The number of carbonyl (C=O) groups is 2. The van der Waals surface area contributed by atoms with Gasteiger partial charge in [0.05, 0.1) is 5.56 Å². The maximum Gasteiger partial charge on any atom is 0.407 e. The summed E-state index contributed by atoms with van der Waals surface area (Å²) in [7, 11) is 0. The molecule has 0 aliphatic carbocycles. The number of aromatic nitrogens is 1. The minimum Gasteiger partial charge on any atom is -0.444 e. The van der Waals surface area contributed by atoms with E-state index in [-0.39, 0.29) is 12.0 Å². The zero-order valence-electron chi connectivity index (χ0n) is 14.0. The van der Waals surface area contributed by atoms with Crippen molar-refractivity contribution < 1.29 is 14.3 Å². The van der Waals surface area contributed by atoms with Crippen molar-refractivity contribution in [3.63, 3.8) is 0 Å². The molecule has 0 radical (unpaired) electrons. The maximum absolute atomic E-state index is 12.3. The fraction of sp³-hybridized carbons (Fsp3) is 0.588. The van der Waals surface area contributed by atoms with Gasteiger partial charge in [-0.05, 0) is 51.7 Å². The van der Waals surface area contributed by atoms with Gasteiger partial charge in [0.25, 0.3) is 5.91 Å². The maximum atomic E-state index is 12.3. The monoisotopic (exact) mass is 319 g/mol. The average Bonchev–Trinajstić information content (AvgIpc) is 2.52. The van der Waals surface area contributed by atoms with Crippen LogP contribution in [0, 0.1) is 5.92 Å². The van der Waals surface area contributed by atoms with Gasteiger partial charge in [-0.2, -0.15) is 0 Å². The molecule has 2 amide bonds. The van der Waals surface area contributed by atoms with Crippen LogP contribution in [0.5, 0.6) is 0 Å². The van der Waals surface area contributed by atoms with Crippen molar-refractivity contribution in [2.45, 2.75) is 39.2 Å². The van der Waals surface area contributed by atoms with Crippen LogP contribution in [-0.4, -0.2) is 47.1 Å². The first-order valence-electron chi connectivity index (χ1n) is 8.01. The molecule has 126 valence electrons. The van der Waals surface area contributed by atoms with Crippen LogP contribution in [-0.2, 0) is 4.74 Å². The van der Waals surface area contributed by atoms with E-state index >= 15 is 0 Å². The Kier molecular flexibility index (Phi) is 5.58. The number of hydrogen-bond donors (Lipinski definition) is 1. The van der Waals surface area contributed by atoms with Gasteiger partial charge in [0, 0.05) is 32.0 Å². The Labute approximate surface area is 137 Å². The highest BCUT2D eigenvalue weighted by Gasteiger charge is 2.24. The number of nitrogens with zero attached hydrogens (tertiary/aromatic N) is 2. The summed E-state index contributed by atoms with van der Waals surface area (Å²) in [5.41, 5.74) is 0.140. The third-order valence-electron chi connectivity index (χ3n) is 3.74. The van der Waals surface area contributed by atoms with Gasteiger partial charge < -0.3 is 15.0 Å². The molecule has 0 bridgehead atoms. The first-order chi connectivity index (χ1) is 10.8. The first-order valence-corrected chi connectivity index (χ1v) is 8.01. The van der Waals surface area contributed by atoms with Gasteiger partial charge in [0.15, 0.2) is 0 Å². The lowest BCUT2D eigenvalue weighted by Gasteiger charge is -2.32. The van der Waals surface area contributed by atoms with E-state index in [1.807, 2.05) is 25.7 Å². The van der Waals surface area contributed by atoms with Crippen molar-refractivity contribution in [1.82, 2.24) is 15.2 Å². The number of pyridine rings is 1. The Morgan fingerprint density at radius 3 is 2.61 bits per heavy atom. The lowest BCUT2D eigenvalue weighted by molar-refractivity contribution is 0.0500. The van der Waals surface area contributed by atoms with Gasteiger partial charge in [-0.1, -0.05) is 0 Å². The van der Waals surface area contributed by atoms with E-state index in [0.717, 1.165) is 12.8 Å². The molecule has 0 aromatic carbocycles. The highest BCUT2D eigenvalue weighted by molar-refractivity contribution is 5.93. The second kappa shape index (κ2) is 7.44. The Morgan fingerprint density at radius 2 is 2.04 bits per heavy atom. The van der Waals surface area contributed by atoms with Gasteiger partial charge >= 0.3 is 6.09 Å². The van der Waals surface area contributed by atoms with E-state index in [0.29, 0.717) is 31.1 Å². The summed E-state index contributed by atoms with van der Waals surface area (Å²) in [6.45, 7) is 7.52. The number of ether oxygens (including phenoxy) is 1. The van der Waals surface area contributed by atoms with Crippen LogP contribution in [0.15, 0.2) is 24.5 Å². The number of piperidine rings is 1. The molecule has 1 fully saturated rings. The molecule has 2 rings (SSSR count). The molecule has 2 heterocycles. The summed E-state index contributed by atoms with van der Waals surface area (Å²) in [5.74, 6) is 0.400. The molecule has 0 unspecified atom stereocenters. The topological polar surface area (TPSA) is 71.5 Å². The highest BCUT2D eigenvalue weighted by Crippen LogP contribution is 2.18. The standard InChI is InChI=1S/C17H25N3O3/c1-17(2,3)23-16(22)19-11-13-6-9-20(10-7-13)15(21)14-5-4-8-18-12-14/h4-5,8,12-13H,6-7,9-11H2,1-3H3,(H,19,22). The van der Waals surface area contributed by atoms with E-state index < -0.39 is 5.60 Å². The van der Waals surface area contributed by atoms with Crippen LogP contribution >= 0.6 is 0 Å². The zero-order chi connectivity index (χ0) is 16.9. The molecular weight excluding hydrogens is 294 g/mol. The number of rotatable bonds is 3. The zero-order valence-corrected chi connectivity index (χ0v) is 14.0. The third-order valence-corrected chi connectivity index (χ3v) is 3.74. The van der Waals surface area contributed by atoms with Crippen LogP contribution in [0.4, 0.5) is 4.79 Å². The van der Waals surface area contributed by atoms with Crippen LogP contribution in [0.3, 0.4) is 0 Å². The fourth-order valence-corrected chi connectivity index (χ4v) is 2.55. The van der Waals surface area contributed by atoms with Crippen LogP contribution < -0.4 is 5.32 Å². The minimum atomic E-state index is -0.483. The molecule has 23 heavy (non-hydrogen) atoms. The predicted molar refractivity (Wildman–Crippen MR) is 87.1 cm³/mol. The number of nitrogens with one attached hydrogen (secondary N) is 1. The summed E-state index contributed by atoms with van der Waals surface area (Å²) >= 11 is 0. The molecule has 0 atom stereocenters. The van der Waals surface area contributed by atoms with E-state index in [1.54, 1.807) is 24.5 Å². The normalized spacial score (nSPS) is 16.0. The van der Waals surface area contributed by atoms with Gasteiger partial charge in [-0.15, -0.1) is 0 Å². The number of hydrogen-bond acceptors (Lipinski definition) is 4. The SMILES string of the molecule is CC(C)(C)OC(=O)NCC1CCN(C(=O)c2cccnc2)CC1. The number of amides is 2. The number of likely N-dealkylation sites (tertiary alicyclic amines) is 1. The summed E-state index contributed by atoms with van der Waals surface area (Å²) < 4.78 is 5.22. The molecule has 1 aromatic heterocycles. The quantitative estimate of drug-likeness (QED) is 0.929. The van der Waals surface area contributed by atoms with Crippen molar-refractivity contribution in [3.05, 3.63) is 30.1 Å². The molecule has 1 aromatic rings. The lowest BCUT2D eigenvalue weighted by Crippen LogP contribution is -2.42. The van der Waals surface area contributed by atoms with E-state index in [1.165, 1.54) is 0 Å². The number of carbonyl (C=O) groups excluding carboxylic acids is 2. The molecule has 6 heteroatoms. The van der Waals surface area contributed by atoms with Gasteiger partial charge in [-0.3, -0.25) is 9.78 Å². The Hall–Kier alpha value is -2.11. The Morgan fingerprint density at radius 1 is 1.35 bits per heavy atom. The Bertz CT molecular complexity index is 532. The first kappa shape index (κ1) is 17.2. The van der Waals surface area contributed by atoms with E-state index in [9.17, 15) is 9.59 Å². The van der Waals surface area contributed by atoms with Gasteiger partial charge in [0.1, 0.15) is 5.60 Å². The van der Waals surface area contributed by atoms with Gasteiger partial charge in [0.2, 0.25) is 0 Å². The Balaban J connectivity index is 1.74. The molecular formula is C17H25N3O3. The number of alkyl carbamates (subject to hydrolysis) is 1. The van der Waals surface area contributed by atoms with Crippen molar-refractivity contribution >= 4 is 12.0 Å². The van der Waals surface area contributed by atoms with Crippen molar-refractivity contribution in [2.24, 2.45) is 5.92 Å². The smallest absolute Gasteiger partial charge is 0.407 e. The molecule has 1 N–H and O–H groups in total. The molecule has 1 aliphatic heterocycles. The van der Waals surface area contributed by atoms with Crippen molar-refractivity contribution in [2.75, 3.05) is 19.6 Å². The summed E-state index contributed by atoms with van der Waals surface area (Å²) in [6, 6.07) is 3.55. The second-order valence-corrected chi connectivity index (χ2v) is 6.86. The fourth-order valence-electron chi connectivity index (χ4n) is 2.55. The van der Waals surface area contributed by atoms with Gasteiger partial charge in [-0.25, -0.2) is 4.79 Å². The lowest BCUT2D eigenvalue weighted by atomic mass is 9.96. The summed E-state index contributed by atoms with van der Waals surface area (Å²) in [5, 5.41) is 2.81. The summed E-state index contributed by atoms with van der Waals surface area (Å²) in [6.07, 6.45) is 4.62. The predicted octanol–water partition coefficient (Wildman–Crippen LogP) is 2.46. The van der Waals surface area contributed by atoms with Crippen molar-refractivity contribution in [1.29, 1.82) is 0 Å². The molecule has 0 saturated carbocycles. The molecule has 1 aliphatic rings. The highest BCUT2D eigenvalue weighted by atomic mass is 16.6. The van der Waals surface area contributed by atoms with E-state index in [2.05, 4.69) is 10.3 Å². The summed E-state index contributed by atoms with van der Waals surface area (Å²) in [4.78, 5) is 29.8. The van der Waals surface area contributed by atoms with Crippen molar-refractivity contribution in [3.8, 4) is 0 Å². The minimum absolute atomic E-state index is 0.0247. The van der Waals surface area contributed by atoms with Crippen LogP contribution in [0.25, 0.3) is 0 Å². The second-order valence-electron chi connectivity index (χ2n) is 6.86. The molecule has 1 saturated heterocycles. The molecule has 6 nitrogen and oxygen atoms in total. The molecule has 0 spiro atoms.